The zero-order valence-corrected chi connectivity index (χ0v) is 17.3. The van der Waals surface area contributed by atoms with Gasteiger partial charge in [0.2, 0.25) is 0 Å². The maximum atomic E-state index is 12.6. The Morgan fingerprint density at radius 2 is 1.74 bits per heavy atom. The normalized spacial score (nSPS) is 18.5. The minimum atomic E-state index is -0.688. The van der Waals surface area contributed by atoms with E-state index in [2.05, 4.69) is 39.6 Å². The molecular formula is C25H26FN3O2. The molecule has 1 fully saturated rings. The van der Waals surface area contributed by atoms with Crippen LogP contribution in [0.2, 0.25) is 0 Å². The molecule has 160 valence electrons. The second kappa shape index (κ2) is 9.69. The van der Waals surface area contributed by atoms with Crippen molar-refractivity contribution in [2.75, 3.05) is 5.32 Å². The van der Waals surface area contributed by atoms with Crippen molar-refractivity contribution >= 4 is 17.5 Å². The lowest BCUT2D eigenvalue weighted by atomic mass is 9.77. The highest BCUT2D eigenvalue weighted by molar-refractivity contribution is 5.67. The summed E-state index contributed by atoms with van der Waals surface area (Å²) in [5.41, 5.74) is 4.64. The second-order valence-corrected chi connectivity index (χ2v) is 8.18. The van der Waals surface area contributed by atoms with Crippen LogP contribution >= 0.6 is 0 Å². The van der Waals surface area contributed by atoms with Crippen LogP contribution in [0.4, 0.5) is 15.9 Å². The molecule has 4 rings (SSSR count). The third kappa shape index (κ3) is 5.45. The summed E-state index contributed by atoms with van der Waals surface area (Å²) >= 11 is 0. The van der Waals surface area contributed by atoms with Crippen molar-refractivity contribution in [1.82, 2.24) is 9.97 Å². The van der Waals surface area contributed by atoms with Gasteiger partial charge in [0.1, 0.15) is 12.5 Å². The number of carbonyl (C=O) groups is 1. The Labute approximate surface area is 181 Å². The van der Waals surface area contributed by atoms with Crippen LogP contribution in [0.25, 0.3) is 11.3 Å². The summed E-state index contributed by atoms with van der Waals surface area (Å²) in [6.07, 6.45) is 7.65. The SMILES string of the molecule is O=C(O)CC1CCC(c2ccc(-c3ccc(Nc4ccc(CF)cn4)cn3)cc2)CC1. The van der Waals surface area contributed by atoms with Crippen molar-refractivity contribution in [3.8, 4) is 11.3 Å². The van der Waals surface area contributed by atoms with Crippen molar-refractivity contribution < 1.29 is 14.3 Å². The van der Waals surface area contributed by atoms with Gasteiger partial charge in [-0.3, -0.25) is 9.78 Å². The van der Waals surface area contributed by atoms with E-state index in [9.17, 15) is 9.18 Å². The molecule has 5 nitrogen and oxygen atoms in total. The number of anilines is 2. The molecule has 2 aromatic heterocycles. The summed E-state index contributed by atoms with van der Waals surface area (Å²) in [6, 6.07) is 15.9. The fraction of sp³-hybridized carbons (Fsp3) is 0.320. The first kappa shape index (κ1) is 21.0. The van der Waals surface area contributed by atoms with Crippen LogP contribution in [0.1, 0.15) is 49.1 Å². The van der Waals surface area contributed by atoms with Gasteiger partial charge in [0.25, 0.3) is 0 Å². The average molecular weight is 420 g/mol. The first-order valence-electron chi connectivity index (χ1n) is 10.7. The van der Waals surface area contributed by atoms with E-state index >= 15 is 0 Å². The van der Waals surface area contributed by atoms with Gasteiger partial charge in [0.05, 0.1) is 17.6 Å². The maximum Gasteiger partial charge on any atom is 0.303 e. The summed E-state index contributed by atoms with van der Waals surface area (Å²) in [6.45, 7) is -0.520. The third-order valence-corrected chi connectivity index (χ3v) is 6.00. The smallest absolute Gasteiger partial charge is 0.303 e. The summed E-state index contributed by atoms with van der Waals surface area (Å²) in [5.74, 6) is 0.790. The Balaban J connectivity index is 1.36. The number of nitrogens with zero attached hydrogens (tertiary/aromatic N) is 2. The third-order valence-electron chi connectivity index (χ3n) is 6.00. The number of aromatic nitrogens is 2. The Morgan fingerprint density at radius 1 is 0.968 bits per heavy atom. The number of halogens is 1. The van der Waals surface area contributed by atoms with Gasteiger partial charge < -0.3 is 10.4 Å². The molecular weight excluding hydrogens is 393 g/mol. The molecule has 0 saturated heterocycles. The number of pyridine rings is 2. The molecule has 0 spiro atoms. The van der Waals surface area contributed by atoms with Gasteiger partial charge in [-0.2, -0.15) is 0 Å². The van der Waals surface area contributed by atoms with E-state index in [4.69, 9.17) is 5.11 Å². The van der Waals surface area contributed by atoms with Gasteiger partial charge in [0.15, 0.2) is 0 Å². The van der Waals surface area contributed by atoms with Crippen LogP contribution in [0.5, 0.6) is 0 Å². The Hall–Kier alpha value is -3.28. The fourth-order valence-electron chi connectivity index (χ4n) is 4.24. The standard InChI is InChI=1S/C25H26FN3O2/c26-14-18-3-12-24(28-15-18)29-22-10-11-23(27-16-22)21-8-6-20(7-9-21)19-4-1-17(2-5-19)13-25(30)31/h3,6-12,15-17,19H,1-2,4-5,13-14H2,(H,28,29)(H,30,31). The summed E-state index contributed by atoms with van der Waals surface area (Å²) in [4.78, 5) is 19.6. The highest BCUT2D eigenvalue weighted by atomic mass is 19.1. The van der Waals surface area contributed by atoms with Gasteiger partial charge in [-0.05, 0) is 61.3 Å². The van der Waals surface area contributed by atoms with E-state index in [1.165, 1.54) is 11.8 Å². The lowest BCUT2D eigenvalue weighted by Crippen LogP contribution is -2.16. The lowest BCUT2D eigenvalue weighted by Gasteiger charge is -2.28. The Morgan fingerprint density at radius 3 is 2.32 bits per heavy atom. The molecule has 1 aliphatic carbocycles. The molecule has 0 aliphatic heterocycles. The molecule has 1 aromatic carbocycles. The zero-order valence-electron chi connectivity index (χ0n) is 17.3. The first-order valence-corrected chi connectivity index (χ1v) is 10.7. The van der Waals surface area contributed by atoms with E-state index < -0.39 is 12.6 Å². The van der Waals surface area contributed by atoms with Crippen molar-refractivity contribution in [1.29, 1.82) is 0 Å². The van der Waals surface area contributed by atoms with Crippen LogP contribution in [0.15, 0.2) is 60.9 Å². The number of rotatable bonds is 7. The highest BCUT2D eigenvalue weighted by Crippen LogP contribution is 2.37. The molecule has 0 bridgehead atoms. The largest absolute Gasteiger partial charge is 0.481 e. The van der Waals surface area contributed by atoms with E-state index in [1.54, 1.807) is 18.3 Å². The molecule has 0 radical (unpaired) electrons. The molecule has 0 atom stereocenters. The number of hydrogen-bond acceptors (Lipinski definition) is 4. The van der Waals surface area contributed by atoms with E-state index in [-0.39, 0.29) is 0 Å². The van der Waals surface area contributed by atoms with Crippen molar-refractivity contribution in [2.24, 2.45) is 5.92 Å². The van der Waals surface area contributed by atoms with Crippen LogP contribution < -0.4 is 5.32 Å². The Bertz CT molecular complexity index is 996. The first-order chi connectivity index (χ1) is 15.1. The van der Waals surface area contributed by atoms with Crippen LogP contribution in [-0.2, 0) is 11.5 Å². The van der Waals surface area contributed by atoms with Crippen molar-refractivity contribution in [3.05, 3.63) is 72.1 Å². The maximum absolute atomic E-state index is 12.6. The lowest BCUT2D eigenvalue weighted by molar-refractivity contribution is -0.138. The number of nitrogens with one attached hydrogen (secondary N) is 1. The Kier molecular flexibility index (Phi) is 6.55. The summed E-state index contributed by atoms with van der Waals surface area (Å²) in [5, 5.41) is 12.1. The van der Waals surface area contributed by atoms with E-state index in [0.29, 0.717) is 29.6 Å². The number of carboxylic acids is 1. The number of carboxylic acid groups (broad SMARTS) is 1. The zero-order chi connectivity index (χ0) is 21.6. The molecule has 2 N–H and O–H groups in total. The van der Waals surface area contributed by atoms with Gasteiger partial charge >= 0.3 is 5.97 Å². The van der Waals surface area contributed by atoms with Crippen LogP contribution in [0.3, 0.4) is 0 Å². The van der Waals surface area contributed by atoms with Gasteiger partial charge in [0, 0.05) is 23.7 Å². The van der Waals surface area contributed by atoms with Crippen LogP contribution in [-0.4, -0.2) is 21.0 Å². The minimum Gasteiger partial charge on any atom is -0.481 e. The van der Waals surface area contributed by atoms with E-state index in [1.807, 2.05) is 12.1 Å². The molecule has 31 heavy (non-hydrogen) atoms. The summed E-state index contributed by atoms with van der Waals surface area (Å²) < 4.78 is 12.6. The predicted octanol–water partition coefficient (Wildman–Crippen LogP) is 6.11. The fourth-order valence-corrected chi connectivity index (χ4v) is 4.24. The molecule has 6 heteroatoms. The number of alkyl halides is 1. The second-order valence-electron chi connectivity index (χ2n) is 8.18. The monoisotopic (exact) mass is 419 g/mol. The molecule has 1 saturated carbocycles. The van der Waals surface area contributed by atoms with Crippen molar-refractivity contribution in [2.45, 2.75) is 44.7 Å². The molecule has 3 aromatic rings. The molecule has 1 aliphatic rings. The van der Waals surface area contributed by atoms with Gasteiger partial charge in [-0.1, -0.05) is 30.3 Å². The summed E-state index contributed by atoms with van der Waals surface area (Å²) in [7, 11) is 0. The predicted molar refractivity (Wildman–Crippen MR) is 119 cm³/mol. The van der Waals surface area contributed by atoms with Crippen molar-refractivity contribution in [3.63, 3.8) is 0 Å². The molecule has 0 amide bonds. The minimum absolute atomic E-state index is 0.293. The van der Waals surface area contributed by atoms with Crippen LogP contribution in [0, 0.1) is 5.92 Å². The number of benzene rings is 1. The van der Waals surface area contributed by atoms with Gasteiger partial charge in [-0.15, -0.1) is 0 Å². The quantitative estimate of drug-likeness (QED) is 0.484. The molecule has 2 heterocycles. The van der Waals surface area contributed by atoms with Gasteiger partial charge in [-0.25, -0.2) is 9.37 Å². The average Bonchev–Trinajstić information content (AvgIpc) is 2.80. The van der Waals surface area contributed by atoms with E-state index in [0.717, 1.165) is 42.6 Å². The number of hydrogen-bond donors (Lipinski definition) is 2. The number of aliphatic carboxylic acids is 1. The highest BCUT2D eigenvalue weighted by Gasteiger charge is 2.23. The molecule has 0 unspecified atom stereocenters. The topological polar surface area (TPSA) is 75.1 Å².